The van der Waals surface area contributed by atoms with Gasteiger partial charge in [-0.3, -0.25) is 9.52 Å². The van der Waals surface area contributed by atoms with Crippen molar-refractivity contribution in [3.8, 4) is 0 Å². The van der Waals surface area contributed by atoms with Crippen molar-refractivity contribution in [1.82, 2.24) is 0 Å². The lowest BCUT2D eigenvalue weighted by Crippen LogP contribution is -2.35. The summed E-state index contributed by atoms with van der Waals surface area (Å²) in [6.07, 6.45) is 2.49. The summed E-state index contributed by atoms with van der Waals surface area (Å²) < 4.78 is 28.2. The summed E-state index contributed by atoms with van der Waals surface area (Å²) in [5, 5.41) is 0. The van der Waals surface area contributed by atoms with Crippen molar-refractivity contribution in [3.63, 3.8) is 0 Å². The Bertz CT molecular complexity index is 952. The third-order valence-electron chi connectivity index (χ3n) is 4.91. The van der Waals surface area contributed by atoms with Gasteiger partial charge in [-0.15, -0.1) is 0 Å². The quantitative estimate of drug-likeness (QED) is 0.884. The highest BCUT2D eigenvalue weighted by molar-refractivity contribution is 7.92. The van der Waals surface area contributed by atoms with Crippen LogP contribution in [0.2, 0.25) is 0 Å². The molecule has 26 heavy (non-hydrogen) atoms. The van der Waals surface area contributed by atoms with Gasteiger partial charge in [-0.1, -0.05) is 12.1 Å². The monoisotopic (exact) mass is 372 g/mol. The van der Waals surface area contributed by atoms with Crippen molar-refractivity contribution >= 4 is 27.3 Å². The maximum Gasteiger partial charge on any atom is 0.262 e. The number of aryl methyl sites for hydroxylation is 2. The van der Waals surface area contributed by atoms with Crippen LogP contribution in [-0.2, 0) is 14.8 Å². The van der Waals surface area contributed by atoms with Gasteiger partial charge in [0.2, 0.25) is 5.91 Å². The highest BCUT2D eigenvalue weighted by Gasteiger charge is 2.22. The third kappa shape index (κ3) is 3.60. The maximum atomic E-state index is 12.7. The number of sulfonamides is 1. The average Bonchev–Trinajstić information content (AvgIpc) is 2.58. The number of nitrogens with zero attached hydrogens (tertiary/aromatic N) is 1. The predicted molar refractivity (Wildman–Crippen MR) is 104 cm³/mol. The molecule has 0 aliphatic carbocycles. The molecule has 1 aliphatic heterocycles. The molecule has 0 bridgehead atoms. The Morgan fingerprint density at radius 1 is 1.00 bits per heavy atom. The first-order valence-electron chi connectivity index (χ1n) is 8.79. The van der Waals surface area contributed by atoms with Gasteiger partial charge < -0.3 is 4.90 Å². The summed E-state index contributed by atoms with van der Waals surface area (Å²) in [5.41, 5.74) is 3.90. The Labute approximate surface area is 155 Å². The SMILES string of the molecule is Cc1cc(NS(=O)(=O)c2cccc(C)c2C)ccc1N1CCCCC1=O. The number of carbonyl (C=O) groups excluding carboxylic acids is 1. The van der Waals surface area contributed by atoms with Crippen LogP contribution in [0.4, 0.5) is 11.4 Å². The van der Waals surface area contributed by atoms with E-state index < -0.39 is 10.0 Å². The summed E-state index contributed by atoms with van der Waals surface area (Å²) in [4.78, 5) is 14.2. The number of hydrogen-bond acceptors (Lipinski definition) is 3. The van der Waals surface area contributed by atoms with Crippen LogP contribution in [0.1, 0.15) is 36.0 Å². The average molecular weight is 372 g/mol. The van der Waals surface area contributed by atoms with Crippen LogP contribution in [0.3, 0.4) is 0 Å². The summed E-state index contributed by atoms with van der Waals surface area (Å²) >= 11 is 0. The minimum atomic E-state index is -3.66. The first-order valence-corrected chi connectivity index (χ1v) is 10.3. The van der Waals surface area contributed by atoms with Crippen LogP contribution >= 0.6 is 0 Å². The molecule has 0 aromatic heterocycles. The molecule has 0 spiro atoms. The predicted octanol–water partition coefficient (Wildman–Crippen LogP) is 3.93. The molecule has 1 fully saturated rings. The number of amides is 1. The van der Waals surface area contributed by atoms with Gasteiger partial charge in [-0.2, -0.15) is 0 Å². The Balaban J connectivity index is 1.88. The molecule has 2 aromatic carbocycles. The van der Waals surface area contributed by atoms with Gasteiger partial charge in [0.1, 0.15) is 0 Å². The molecule has 0 atom stereocenters. The van der Waals surface area contributed by atoms with Gasteiger partial charge >= 0.3 is 0 Å². The van der Waals surface area contributed by atoms with Gasteiger partial charge in [0.05, 0.1) is 4.90 Å². The highest BCUT2D eigenvalue weighted by Crippen LogP contribution is 2.28. The molecule has 1 aliphatic rings. The zero-order valence-electron chi connectivity index (χ0n) is 15.4. The van der Waals surface area contributed by atoms with Crippen LogP contribution in [0.15, 0.2) is 41.3 Å². The van der Waals surface area contributed by atoms with E-state index >= 15 is 0 Å². The van der Waals surface area contributed by atoms with Gasteiger partial charge in [-0.25, -0.2) is 8.42 Å². The molecule has 3 rings (SSSR count). The van der Waals surface area contributed by atoms with E-state index in [1.54, 1.807) is 36.1 Å². The zero-order chi connectivity index (χ0) is 18.9. The second-order valence-electron chi connectivity index (χ2n) is 6.81. The topological polar surface area (TPSA) is 66.5 Å². The normalized spacial score (nSPS) is 15.2. The first kappa shape index (κ1) is 18.5. The van der Waals surface area contributed by atoms with E-state index in [0.717, 1.165) is 35.2 Å². The second-order valence-corrected chi connectivity index (χ2v) is 8.46. The van der Waals surface area contributed by atoms with Crippen LogP contribution in [0.25, 0.3) is 0 Å². The Morgan fingerprint density at radius 3 is 2.46 bits per heavy atom. The molecular weight excluding hydrogens is 348 g/mol. The first-order chi connectivity index (χ1) is 12.3. The zero-order valence-corrected chi connectivity index (χ0v) is 16.2. The lowest BCUT2D eigenvalue weighted by molar-refractivity contribution is -0.119. The van der Waals surface area contributed by atoms with Crippen LogP contribution in [-0.4, -0.2) is 20.9 Å². The standard InChI is InChI=1S/C20H24N2O3S/c1-14-7-6-8-19(16(14)3)26(24,25)21-17-10-11-18(15(2)13-17)22-12-5-4-9-20(22)23/h6-8,10-11,13,21H,4-5,9,12H2,1-3H3. The summed E-state index contributed by atoms with van der Waals surface area (Å²) in [7, 11) is -3.66. The van der Waals surface area contributed by atoms with Gasteiger partial charge in [-0.05, 0) is 74.6 Å². The van der Waals surface area contributed by atoms with E-state index in [0.29, 0.717) is 18.7 Å². The molecule has 138 valence electrons. The second kappa shape index (κ2) is 7.11. The summed E-state index contributed by atoms with van der Waals surface area (Å²) in [5.74, 6) is 0.128. The summed E-state index contributed by atoms with van der Waals surface area (Å²) in [6.45, 7) is 6.31. The number of nitrogens with one attached hydrogen (secondary N) is 1. The van der Waals surface area contributed by atoms with Crippen molar-refractivity contribution in [2.75, 3.05) is 16.2 Å². The number of piperidine rings is 1. The van der Waals surface area contributed by atoms with Crippen LogP contribution < -0.4 is 9.62 Å². The number of benzene rings is 2. The van der Waals surface area contributed by atoms with Crippen molar-refractivity contribution in [3.05, 3.63) is 53.1 Å². The molecule has 1 heterocycles. The van der Waals surface area contributed by atoms with Crippen molar-refractivity contribution in [2.45, 2.75) is 44.9 Å². The van der Waals surface area contributed by atoms with Crippen molar-refractivity contribution in [2.24, 2.45) is 0 Å². The smallest absolute Gasteiger partial charge is 0.262 e. The molecule has 1 saturated heterocycles. The molecular formula is C20H24N2O3S. The molecule has 0 unspecified atom stereocenters. The van der Waals surface area contributed by atoms with E-state index in [-0.39, 0.29) is 10.8 Å². The molecule has 2 aromatic rings. The van der Waals surface area contributed by atoms with E-state index in [9.17, 15) is 13.2 Å². The molecule has 1 N–H and O–H groups in total. The summed E-state index contributed by atoms with van der Waals surface area (Å²) in [6, 6.07) is 10.6. The largest absolute Gasteiger partial charge is 0.312 e. The molecule has 1 amide bonds. The van der Waals surface area contributed by atoms with Crippen LogP contribution in [0.5, 0.6) is 0 Å². The fourth-order valence-electron chi connectivity index (χ4n) is 3.31. The van der Waals surface area contributed by atoms with E-state index in [4.69, 9.17) is 0 Å². The van der Waals surface area contributed by atoms with Gasteiger partial charge in [0.25, 0.3) is 10.0 Å². The maximum absolute atomic E-state index is 12.7. The number of hydrogen-bond donors (Lipinski definition) is 1. The number of anilines is 2. The third-order valence-corrected chi connectivity index (χ3v) is 6.43. The molecule has 5 nitrogen and oxygen atoms in total. The minimum absolute atomic E-state index is 0.128. The van der Waals surface area contributed by atoms with E-state index in [1.165, 1.54) is 0 Å². The van der Waals surface area contributed by atoms with Crippen molar-refractivity contribution < 1.29 is 13.2 Å². The van der Waals surface area contributed by atoms with Gasteiger partial charge in [0, 0.05) is 24.3 Å². The minimum Gasteiger partial charge on any atom is -0.312 e. The molecule has 0 radical (unpaired) electrons. The lowest BCUT2D eigenvalue weighted by atomic mass is 10.1. The van der Waals surface area contributed by atoms with Crippen molar-refractivity contribution in [1.29, 1.82) is 0 Å². The van der Waals surface area contributed by atoms with E-state index in [1.807, 2.05) is 26.0 Å². The number of rotatable bonds is 4. The number of carbonyl (C=O) groups is 1. The lowest BCUT2D eigenvalue weighted by Gasteiger charge is -2.28. The fourth-order valence-corrected chi connectivity index (χ4v) is 4.68. The van der Waals surface area contributed by atoms with Gasteiger partial charge in [0.15, 0.2) is 0 Å². The van der Waals surface area contributed by atoms with E-state index in [2.05, 4.69) is 4.72 Å². The molecule has 0 saturated carbocycles. The Morgan fingerprint density at radius 2 is 1.77 bits per heavy atom. The Kier molecular flexibility index (Phi) is 5.05. The highest BCUT2D eigenvalue weighted by atomic mass is 32.2. The Hall–Kier alpha value is -2.34. The molecule has 6 heteroatoms. The van der Waals surface area contributed by atoms with Crippen LogP contribution in [0, 0.1) is 20.8 Å². The fraction of sp³-hybridized carbons (Fsp3) is 0.350.